The van der Waals surface area contributed by atoms with Gasteiger partial charge in [-0.05, 0) is 23.3 Å². The summed E-state index contributed by atoms with van der Waals surface area (Å²) < 4.78 is 0. The highest BCUT2D eigenvalue weighted by Crippen LogP contribution is 2.30. The van der Waals surface area contributed by atoms with Gasteiger partial charge in [-0.15, -0.1) is 0 Å². The second kappa shape index (κ2) is 5.65. The third-order valence-corrected chi connectivity index (χ3v) is 3.56. The van der Waals surface area contributed by atoms with Crippen LogP contribution in [-0.4, -0.2) is 11.0 Å². The van der Waals surface area contributed by atoms with Crippen LogP contribution in [0.5, 0.6) is 0 Å². The van der Waals surface area contributed by atoms with Crippen molar-refractivity contribution in [3.05, 3.63) is 70.7 Å². The van der Waals surface area contributed by atoms with Gasteiger partial charge in [0.15, 0.2) is 0 Å². The molecule has 2 aromatic carbocycles. The van der Waals surface area contributed by atoms with Gasteiger partial charge in [-0.3, -0.25) is 9.63 Å². The average molecular weight is 288 g/mol. The van der Waals surface area contributed by atoms with E-state index < -0.39 is 0 Å². The fourth-order valence-electron chi connectivity index (χ4n) is 2.24. The molecule has 0 N–H and O–H groups in total. The van der Waals surface area contributed by atoms with E-state index in [0.29, 0.717) is 18.0 Å². The molecular weight excluding hydrogens is 274 g/mol. The van der Waals surface area contributed by atoms with Gasteiger partial charge in [-0.25, -0.2) is 5.06 Å². The lowest BCUT2D eigenvalue weighted by molar-refractivity contribution is -0.177. The molecule has 0 radical (unpaired) electrons. The fourth-order valence-corrected chi connectivity index (χ4v) is 2.36. The molecule has 1 aliphatic heterocycles. The van der Waals surface area contributed by atoms with Crippen molar-refractivity contribution in [2.24, 2.45) is 0 Å². The Labute approximate surface area is 122 Å². The van der Waals surface area contributed by atoms with Gasteiger partial charge < -0.3 is 0 Å². The smallest absolute Gasteiger partial charge is 0.249 e. The molecule has 3 nitrogen and oxygen atoms in total. The Kier molecular flexibility index (Phi) is 3.72. The zero-order chi connectivity index (χ0) is 13.9. The van der Waals surface area contributed by atoms with Gasteiger partial charge in [0.25, 0.3) is 0 Å². The van der Waals surface area contributed by atoms with Crippen molar-refractivity contribution < 1.29 is 9.63 Å². The first-order valence-electron chi connectivity index (χ1n) is 6.49. The van der Waals surface area contributed by atoms with Crippen LogP contribution in [0.4, 0.5) is 0 Å². The zero-order valence-electron chi connectivity index (χ0n) is 10.8. The molecule has 1 aliphatic rings. The molecule has 0 bridgehead atoms. The molecular formula is C16H14ClNO2. The monoisotopic (exact) mass is 287 g/mol. The number of hydrogen-bond donors (Lipinski definition) is 0. The number of hydrogen-bond acceptors (Lipinski definition) is 2. The van der Waals surface area contributed by atoms with Crippen LogP contribution in [0.3, 0.4) is 0 Å². The number of carbonyl (C=O) groups excluding carboxylic acids is 1. The maximum atomic E-state index is 12.0. The van der Waals surface area contributed by atoms with E-state index in [1.165, 1.54) is 5.06 Å². The van der Waals surface area contributed by atoms with Crippen molar-refractivity contribution in [3.63, 3.8) is 0 Å². The van der Waals surface area contributed by atoms with Crippen molar-refractivity contribution in [3.8, 4) is 0 Å². The van der Waals surface area contributed by atoms with Crippen LogP contribution in [0.25, 0.3) is 0 Å². The summed E-state index contributed by atoms with van der Waals surface area (Å²) >= 11 is 5.85. The topological polar surface area (TPSA) is 29.5 Å². The summed E-state index contributed by atoms with van der Waals surface area (Å²) in [7, 11) is 0. The normalized spacial score (nSPS) is 18.6. The number of nitrogens with zero attached hydrogens (tertiary/aromatic N) is 1. The van der Waals surface area contributed by atoms with Crippen LogP contribution < -0.4 is 0 Å². The largest absolute Gasteiger partial charge is 0.272 e. The van der Waals surface area contributed by atoms with Crippen LogP contribution in [0.15, 0.2) is 54.6 Å². The molecule has 1 atom stereocenters. The molecule has 0 aliphatic carbocycles. The van der Waals surface area contributed by atoms with E-state index in [1.54, 1.807) is 0 Å². The number of benzene rings is 2. The van der Waals surface area contributed by atoms with Gasteiger partial charge in [0.1, 0.15) is 6.10 Å². The number of amides is 1. The lowest BCUT2D eigenvalue weighted by atomic mass is 10.1. The predicted octanol–water partition coefficient (Wildman–Crippen LogP) is 3.75. The van der Waals surface area contributed by atoms with Crippen molar-refractivity contribution in [1.82, 2.24) is 5.06 Å². The predicted molar refractivity (Wildman–Crippen MR) is 76.9 cm³/mol. The van der Waals surface area contributed by atoms with Crippen LogP contribution in [0.2, 0.25) is 5.02 Å². The summed E-state index contributed by atoms with van der Waals surface area (Å²) in [5, 5.41) is 2.12. The average Bonchev–Trinajstić information content (AvgIpc) is 2.84. The number of carbonyl (C=O) groups is 1. The third-order valence-electron chi connectivity index (χ3n) is 3.30. The molecule has 3 rings (SSSR count). The molecule has 1 unspecified atom stereocenters. The van der Waals surface area contributed by atoms with Crippen LogP contribution in [-0.2, 0) is 16.2 Å². The first-order chi connectivity index (χ1) is 9.72. The Hall–Kier alpha value is -1.84. The molecule has 4 heteroatoms. The second-order valence-corrected chi connectivity index (χ2v) is 5.20. The van der Waals surface area contributed by atoms with Crippen LogP contribution >= 0.6 is 11.6 Å². The Morgan fingerprint density at radius 3 is 2.50 bits per heavy atom. The summed E-state index contributed by atoms with van der Waals surface area (Å²) in [5.41, 5.74) is 2.02. The highest BCUT2D eigenvalue weighted by molar-refractivity contribution is 6.30. The lowest BCUT2D eigenvalue weighted by Crippen LogP contribution is -2.22. The van der Waals surface area contributed by atoms with E-state index in [4.69, 9.17) is 16.4 Å². The Morgan fingerprint density at radius 1 is 1.10 bits per heavy atom. The molecule has 2 aromatic rings. The van der Waals surface area contributed by atoms with E-state index in [-0.39, 0.29) is 12.0 Å². The first-order valence-corrected chi connectivity index (χ1v) is 6.87. The molecule has 0 spiro atoms. The number of rotatable bonds is 3. The standard InChI is InChI=1S/C16H14ClNO2/c17-14-8-6-12(7-9-14)11-18-16(19)10-15(20-18)13-4-2-1-3-5-13/h1-9,15H,10-11H2. The third kappa shape index (κ3) is 2.84. The number of halogens is 1. The van der Waals surface area contributed by atoms with Gasteiger partial charge in [-0.2, -0.15) is 0 Å². The van der Waals surface area contributed by atoms with E-state index in [0.717, 1.165) is 11.1 Å². The van der Waals surface area contributed by atoms with Gasteiger partial charge in [0.05, 0.1) is 13.0 Å². The first kappa shape index (κ1) is 13.2. The molecule has 20 heavy (non-hydrogen) atoms. The Balaban J connectivity index is 1.70. The molecule has 1 fully saturated rings. The molecule has 1 saturated heterocycles. The van der Waals surface area contributed by atoms with Crippen molar-refractivity contribution in [2.45, 2.75) is 19.1 Å². The summed E-state index contributed by atoms with van der Waals surface area (Å²) in [6.45, 7) is 0.444. The van der Waals surface area contributed by atoms with Crippen molar-refractivity contribution in [1.29, 1.82) is 0 Å². The minimum Gasteiger partial charge on any atom is -0.272 e. The molecule has 0 aromatic heterocycles. The minimum absolute atomic E-state index is 0.00815. The van der Waals surface area contributed by atoms with Gasteiger partial charge >= 0.3 is 0 Å². The second-order valence-electron chi connectivity index (χ2n) is 4.77. The molecule has 102 valence electrons. The summed E-state index contributed by atoms with van der Waals surface area (Å²) in [6.07, 6.45) is 0.202. The maximum absolute atomic E-state index is 12.0. The molecule has 1 amide bonds. The molecule has 1 heterocycles. The van der Waals surface area contributed by atoms with Crippen molar-refractivity contribution in [2.75, 3.05) is 0 Å². The quantitative estimate of drug-likeness (QED) is 0.860. The Morgan fingerprint density at radius 2 is 1.80 bits per heavy atom. The van der Waals surface area contributed by atoms with E-state index in [2.05, 4.69) is 0 Å². The summed E-state index contributed by atoms with van der Waals surface area (Å²) in [6, 6.07) is 17.2. The van der Waals surface area contributed by atoms with Gasteiger partial charge in [-0.1, -0.05) is 54.1 Å². The molecule has 0 saturated carbocycles. The van der Waals surface area contributed by atoms with E-state index in [9.17, 15) is 4.79 Å². The zero-order valence-corrected chi connectivity index (χ0v) is 11.6. The van der Waals surface area contributed by atoms with Gasteiger partial charge in [0.2, 0.25) is 5.91 Å². The highest BCUT2D eigenvalue weighted by atomic mass is 35.5. The van der Waals surface area contributed by atoms with E-state index >= 15 is 0 Å². The highest BCUT2D eigenvalue weighted by Gasteiger charge is 2.31. The fraction of sp³-hybridized carbons (Fsp3) is 0.188. The van der Waals surface area contributed by atoms with Gasteiger partial charge in [0, 0.05) is 5.02 Å². The van der Waals surface area contributed by atoms with Crippen LogP contribution in [0.1, 0.15) is 23.7 Å². The Bertz CT molecular complexity index is 598. The SMILES string of the molecule is O=C1CC(c2ccccc2)ON1Cc1ccc(Cl)cc1. The summed E-state index contributed by atoms with van der Waals surface area (Å²) in [4.78, 5) is 17.7. The maximum Gasteiger partial charge on any atom is 0.249 e. The lowest BCUT2D eigenvalue weighted by Gasteiger charge is -2.16. The number of hydroxylamine groups is 2. The van der Waals surface area contributed by atoms with E-state index in [1.807, 2.05) is 54.6 Å². The summed E-state index contributed by atoms with van der Waals surface area (Å²) in [5.74, 6) is 0.00815. The van der Waals surface area contributed by atoms with Crippen molar-refractivity contribution >= 4 is 17.5 Å². The van der Waals surface area contributed by atoms with Crippen LogP contribution in [0, 0.1) is 0 Å². The minimum atomic E-state index is -0.184.